The minimum atomic E-state index is -0.743. The molecule has 0 spiro atoms. The second kappa shape index (κ2) is 10.3. The number of rotatable bonds is 7. The summed E-state index contributed by atoms with van der Waals surface area (Å²) in [5.74, 6) is -0.602. The van der Waals surface area contributed by atoms with Gasteiger partial charge in [-0.15, -0.1) is 0 Å². The smallest absolute Gasteiger partial charge is 0.284 e. The van der Waals surface area contributed by atoms with E-state index in [1.807, 2.05) is 6.07 Å². The van der Waals surface area contributed by atoms with E-state index >= 15 is 0 Å². The molecular weight excluding hydrogens is 413 g/mol. The van der Waals surface area contributed by atoms with Gasteiger partial charge in [-0.25, -0.2) is 14.4 Å². The van der Waals surface area contributed by atoms with Gasteiger partial charge >= 0.3 is 0 Å². The van der Waals surface area contributed by atoms with Crippen molar-refractivity contribution in [2.24, 2.45) is 0 Å². The number of aromatic nitrogens is 1. The molecule has 0 radical (unpaired) electrons. The quantitative estimate of drug-likeness (QED) is 0.681. The molecule has 0 unspecified atom stereocenters. The van der Waals surface area contributed by atoms with Gasteiger partial charge in [0.1, 0.15) is 36.0 Å². The minimum Gasteiger partial charge on any atom is -0.491 e. The van der Waals surface area contributed by atoms with Crippen LogP contribution in [0.4, 0.5) is 4.39 Å². The van der Waals surface area contributed by atoms with Gasteiger partial charge in [0.25, 0.3) is 5.91 Å². The van der Waals surface area contributed by atoms with Crippen molar-refractivity contribution < 1.29 is 19.0 Å². The number of carbonyl (C=O) groups is 1. The number of benzene rings is 1. The Morgan fingerprint density at radius 2 is 2.10 bits per heavy atom. The number of nitrogens with one attached hydrogen (secondary N) is 1. The van der Waals surface area contributed by atoms with E-state index in [1.54, 1.807) is 17.1 Å². The highest BCUT2D eigenvalue weighted by Gasteiger charge is 2.21. The molecule has 2 N–H and O–H groups in total. The lowest BCUT2D eigenvalue weighted by Gasteiger charge is -2.35. The van der Waals surface area contributed by atoms with Crippen LogP contribution in [0.25, 0.3) is 0 Å². The summed E-state index contributed by atoms with van der Waals surface area (Å²) < 4.78 is 18.8. The summed E-state index contributed by atoms with van der Waals surface area (Å²) in [5, 5.41) is 20.8. The fraction of sp³-hybridized carbons (Fsp3) is 0.350. The van der Waals surface area contributed by atoms with Crippen LogP contribution in [-0.2, 0) is 0 Å². The molecule has 1 saturated heterocycles. The lowest BCUT2D eigenvalue weighted by atomic mass is 10.2. The van der Waals surface area contributed by atoms with Crippen LogP contribution < -0.4 is 10.2 Å². The van der Waals surface area contributed by atoms with Crippen molar-refractivity contribution in [1.82, 2.24) is 20.3 Å². The molecule has 0 aliphatic carbocycles. The molecule has 1 amide bonds. The van der Waals surface area contributed by atoms with Crippen LogP contribution in [0.5, 0.6) is 5.75 Å². The fourth-order valence-corrected chi connectivity index (χ4v) is 3.06. The predicted octanol–water partition coefficient (Wildman–Crippen LogP) is 1.45. The van der Waals surface area contributed by atoms with Crippen molar-refractivity contribution >= 4 is 17.5 Å². The maximum Gasteiger partial charge on any atom is 0.284 e. The molecule has 1 atom stereocenters. The fourth-order valence-electron chi connectivity index (χ4n) is 2.95. The van der Waals surface area contributed by atoms with Gasteiger partial charge in [0.2, 0.25) is 0 Å². The number of piperazine rings is 1. The number of nitriles is 1. The Morgan fingerprint density at radius 3 is 2.73 bits per heavy atom. The molecular formula is C20H21ClFN5O3. The number of hydrazine groups is 1. The van der Waals surface area contributed by atoms with Gasteiger partial charge in [0.15, 0.2) is 0 Å². The summed E-state index contributed by atoms with van der Waals surface area (Å²) in [4.78, 5) is 18.3. The van der Waals surface area contributed by atoms with E-state index in [-0.39, 0.29) is 23.2 Å². The highest BCUT2D eigenvalue weighted by molar-refractivity contribution is 6.30. The highest BCUT2D eigenvalue weighted by Crippen LogP contribution is 2.20. The Labute approximate surface area is 178 Å². The number of aliphatic hydroxyl groups excluding tert-OH is 1. The zero-order valence-electron chi connectivity index (χ0n) is 16.1. The van der Waals surface area contributed by atoms with Gasteiger partial charge in [0, 0.05) is 45.0 Å². The average Bonchev–Trinajstić information content (AvgIpc) is 2.76. The molecule has 1 aliphatic rings. The number of halogens is 2. The van der Waals surface area contributed by atoms with E-state index in [0.717, 1.165) is 0 Å². The number of pyridine rings is 1. The van der Waals surface area contributed by atoms with E-state index in [9.17, 15) is 14.3 Å². The summed E-state index contributed by atoms with van der Waals surface area (Å²) >= 11 is 5.63. The van der Waals surface area contributed by atoms with Crippen molar-refractivity contribution in [3.63, 3.8) is 0 Å². The Hall–Kier alpha value is -2.77. The third-order valence-corrected chi connectivity index (χ3v) is 4.87. The van der Waals surface area contributed by atoms with Gasteiger partial charge in [-0.3, -0.25) is 15.1 Å². The number of hydrogen-bond acceptors (Lipinski definition) is 7. The van der Waals surface area contributed by atoms with Crippen molar-refractivity contribution in [1.29, 1.82) is 5.26 Å². The van der Waals surface area contributed by atoms with Gasteiger partial charge < -0.3 is 9.84 Å². The van der Waals surface area contributed by atoms with Crippen LogP contribution >= 0.6 is 11.6 Å². The SMILES string of the molecule is N#Cc1ccc(C(=O)NN2CCN(C[C@@H](O)COc3ccc(Cl)c(F)c3)CC2)nc1. The molecule has 10 heteroatoms. The highest BCUT2D eigenvalue weighted by atomic mass is 35.5. The third-order valence-electron chi connectivity index (χ3n) is 4.56. The van der Waals surface area contributed by atoms with Crippen LogP contribution in [-0.4, -0.2) is 71.3 Å². The second-order valence-corrected chi connectivity index (χ2v) is 7.22. The standard InChI is InChI=1S/C20H21ClFN5O3/c21-17-3-2-16(9-18(17)22)30-13-15(28)12-26-5-7-27(8-6-26)25-20(29)19-4-1-14(10-23)11-24-19/h1-4,9,11,15,28H,5-8,12-13H2,(H,25,29)/t15-/m1/s1. The van der Waals surface area contributed by atoms with E-state index in [4.69, 9.17) is 21.6 Å². The Morgan fingerprint density at radius 1 is 1.33 bits per heavy atom. The minimum absolute atomic E-state index is 0.0165. The van der Waals surface area contributed by atoms with Gasteiger partial charge in [-0.2, -0.15) is 5.26 Å². The molecule has 2 aromatic rings. The molecule has 1 fully saturated rings. The number of ether oxygens (including phenoxy) is 1. The lowest BCUT2D eigenvalue weighted by Crippen LogP contribution is -2.55. The molecule has 1 aliphatic heterocycles. The van der Waals surface area contributed by atoms with Crippen molar-refractivity contribution in [2.75, 3.05) is 39.3 Å². The zero-order valence-corrected chi connectivity index (χ0v) is 16.8. The van der Waals surface area contributed by atoms with Gasteiger partial charge in [-0.1, -0.05) is 11.6 Å². The van der Waals surface area contributed by atoms with Crippen molar-refractivity contribution in [3.05, 3.63) is 58.6 Å². The Kier molecular flexibility index (Phi) is 7.54. The van der Waals surface area contributed by atoms with Crippen LogP contribution in [0.15, 0.2) is 36.5 Å². The van der Waals surface area contributed by atoms with Crippen molar-refractivity contribution in [3.8, 4) is 11.8 Å². The van der Waals surface area contributed by atoms with Crippen LogP contribution in [0.3, 0.4) is 0 Å². The predicted molar refractivity (Wildman–Crippen MR) is 107 cm³/mol. The normalized spacial score (nSPS) is 15.9. The Balaban J connectivity index is 1.38. The topological polar surface area (TPSA) is 102 Å². The first-order valence-corrected chi connectivity index (χ1v) is 9.73. The van der Waals surface area contributed by atoms with Crippen LogP contribution in [0.1, 0.15) is 16.1 Å². The summed E-state index contributed by atoms with van der Waals surface area (Å²) in [6, 6.07) is 9.13. The number of carbonyl (C=O) groups excluding carboxylic acids is 1. The molecule has 1 aromatic heterocycles. The van der Waals surface area contributed by atoms with E-state index in [0.29, 0.717) is 44.0 Å². The van der Waals surface area contributed by atoms with Gasteiger partial charge in [0.05, 0.1) is 10.6 Å². The molecule has 8 nitrogen and oxygen atoms in total. The molecule has 0 saturated carbocycles. The molecule has 3 rings (SSSR count). The number of amides is 1. The third kappa shape index (κ3) is 6.11. The molecule has 1 aromatic carbocycles. The molecule has 158 valence electrons. The zero-order chi connectivity index (χ0) is 21.5. The summed E-state index contributed by atoms with van der Waals surface area (Å²) in [6.07, 6.45) is 0.613. The number of hydrogen-bond donors (Lipinski definition) is 2. The van der Waals surface area contributed by atoms with E-state index < -0.39 is 11.9 Å². The monoisotopic (exact) mass is 433 g/mol. The number of β-amino-alcohol motifs (C(OH)–C–C–N with tert-alkyl or cyclic N) is 1. The largest absolute Gasteiger partial charge is 0.491 e. The molecule has 30 heavy (non-hydrogen) atoms. The van der Waals surface area contributed by atoms with Crippen LogP contribution in [0.2, 0.25) is 5.02 Å². The van der Waals surface area contributed by atoms with E-state index in [1.165, 1.54) is 24.4 Å². The summed E-state index contributed by atoms with van der Waals surface area (Å²) in [6.45, 7) is 2.88. The van der Waals surface area contributed by atoms with E-state index in [2.05, 4.69) is 15.3 Å². The molecule has 2 heterocycles. The lowest BCUT2D eigenvalue weighted by molar-refractivity contribution is 0.0315. The summed E-state index contributed by atoms with van der Waals surface area (Å²) in [7, 11) is 0. The van der Waals surface area contributed by atoms with Gasteiger partial charge in [-0.05, 0) is 24.3 Å². The average molecular weight is 434 g/mol. The summed E-state index contributed by atoms with van der Waals surface area (Å²) in [5.41, 5.74) is 3.42. The second-order valence-electron chi connectivity index (χ2n) is 6.81. The van der Waals surface area contributed by atoms with Crippen molar-refractivity contribution in [2.45, 2.75) is 6.10 Å². The maximum absolute atomic E-state index is 13.4. The first-order chi connectivity index (χ1) is 14.4. The first-order valence-electron chi connectivity index (χ1n) is 9.35. The Bertz CT molecular complexity index is 914. The van der Waals surface area contributed by atoms with Crippen LogP contribution in [0, 0.1) is 17.1 Å². The number of aliphatic hydroxyl groups is 1. The maximum atomic E-state index is 13.4. The first kappa shape index (κ1) is 21.9. The number of nitrogens with zero attached hydrogens (tertiary/aromatic N) is 4. The molecule has 0 bridgehead atoms.